The van der Waals surface area contributed by atoms with Gasteiger partial charge in [-0.1, -0.05) is 24.3 Å². The van der Waals surface area contributed by atoms with Gasteiger partial charge in [-0.25, -0.2) is 0 Å². The molecule has 2 rings (SSSR count). The predicted molar refractivity (Wildman–Crippen MR) is 69.7 cm³/mol. The number of benzene rings is 1. The molecule has 0 aliphatic carbocycles. The Bertz CT molecular complexity index is 568. The molecule has 0 saturated heterocycles. The van der Waals surface area contributed by atoms with Crippen LogP contribution >= 0.6 is 0 Å². The van der Waals surface area contributed by atoms with Gasteiger partial charge in [0.15, 0.2) is 0 Å². The van der Waals surface area contributed by atoms with Crippen molar-refractivity contribution in [3.05, 3.63) is 58.5 Å². The Labute approximate surface area is 101 Å². The Morgan fingerprint density at radius 2 is 1.76 bits per heavy atom. The van der Waals surface area contributed by atoms with Crippen LogP contribution in [0.15, 0.2) is 47.4 Å². The molecular formula is C14H16N2O. The predicted octanol–water partition coefficient (Wildman–Crippen LogP) is 2.07. The number of nitrogens with zero attached hydrogens (tertiary/aromatic N) is 1. The average molecular weight is 228 g/mol. The Hall–Kier alpha value is -1.87. The van der Waals surface area contributed by atoms with Crippen LogP contribution in [-0.2, 0) is 7.05 Å². The van der Waals surface area contributed by atoms with E-state index in [0.29, 0.717) is 0 Å². The smallest absolute Gasteiger partial charge is 0.250 e. The number of aromatic nitrogens is 1. The molecule has 1 aromatic carbocycles. The fourth-order valence-corrected chi connectivity index (χ4v) is 1.71. The highest BCUT2D eigenvalue weighted by molar-refractivity contribution is 5.63. The standard InChI is InChI=1S/C14H16N2O/c1-10(15)11-3-5-12(6-4-11)13-7-8-16(2)14(17)9-13/h3-10H,15H2,1-2H3. The Kier molecular flexibility index (Phi) is 3.11. The van der Waals surface area contributed by atoms with Gasteiger partial charge in [0.1, 0.15) is 0 Å². The number of hydrogen-bond acceptors (Lipinski definition) is 2. The zero-order valence-corrected chi connectivity index (χ0v) is 10.1. The molecule has 0 aliphatic rings. The third-order valence-electron chi connectivity index (χ3n) is 2.87. The maximum atomic E-state index is 11.5. The lowest BCUT2D eigenvalue weighted by molar-refractivity contribution is 0.818. The SMILES string of the molecule is CC(N)c1ccc(-c2ccn(C)c(=O)c2)cc1. The highest BCUT2D eigenvalue weighted by atomic mass is 16.1. The molecule has 88 valence electrons. The molecule has 2 N–H and O–H groups in total. The Morgan fingerprint density at radius 3 is 2.29 bits per heavy atom. The number of nitrogens with two attached hydrogens (primary N) is 1. The maximum absolute atomic E-state index is 11.5. The summed E-state index contributed by atoms with van der Waals surface area (Å²) in [6, 6.07) is 11.6. The summed E-state index contributed by atoms with van der Waals surface area (Å²) in [4.78, 5) is 11.5. The molecule has 1 aromatic heterocycles. The van der Waals surface area contributed by atoms with Crippen molar-refractivity contribution >= 4 is 0 Å². The molecule has 0 amide bonds. The summed E-state index contributed by atoms with van der Waals surface area (Å²) in [6.45, 7) is 1.95. The highest BCUT2D eigenvalue weighted by Gasteiger charge is 2.02. The van der Waals surface area contributed by atoms with Gasteiger partial charge in [-0.3, -0.25) is 4.79 Å². The maximum Gasteiger partial charge on any atom is 0.250 e. The topological polar surface area (TPSA) is 48.0 Å². The van der Waals surface area contributed by atoms with Crippen molar-refractivity contribution in [3.63, 3.8) is 0 Å². The molecule has 2 aromatic rings. The number of aryl methyl sites for hydroxylation is 1. The fraction of sp³-hybridized carbons (Fsp3) is 0.214. The summed E-state index contributed by atoms with van der Waals surface area (Å²) >= 11 is 0. The van der Waals surface area contributed by atoms with Crippen LogP contribution in [0.25, 0.3) is 11.1 Å². The molecule has 1 unspecified atom stereocenters. The van der Waals surface area contributed by atoms with E-state index in [4.69, 9.17) is 5.73 Å². The van der Waals surface area contributed by atoms with Crippen molar-refractivity contribution in [1.29, 1.82) is 0 Å². The van der Waals surface area contributed by atoms with Crippen LogP contribution < -0.4 is 11.3 Å². The summed E-state index contributed by atoms with van der Waals surface area (Å²) in [5, 5.41) is 0. The molecule has 0 spiro atoms. The quantitative estimate of drug-likeness (QED) is 0.855. The third-order valence-corrected chi connectivity index (χ3v) is 2.87. The van der Waals surface area contributed by atoms with E-state index in [1.54, 1.807) is 23.9 Å². The number of hydrogen-bond donors (Lipinski definition) is 1. The van der Waals surface area contributed by atoms with Gasteiger partial charge in [-0.2, -0.15) is 0 Å². The Balaban J connectivity index is 2.40. The van der Waals surface area contributed by atoms with Crippen molar-refractivity contribution in [2.75, 3.05) is 0 Å². The van der Waals surface area contributed by atoms with E-state index >= 15 is 0 Å². The van der Waals surface area contributed by atoms with Crippen molar-refractivity contribution in [2.45, 2.75) is 13.0 Å². The zero-order chi connectivity index (χ0) is 12.4. The van der Waals surface area contributed by atoms with Crippen LogP contribution in [-0.4, -0.2) is 4.57 Å². The van der Waals surface area contributed by atoms with Crippen LogP contribution in [0, 0.1) is 0 Å². The molecule has 3 heteroatoms. The molecule has 0 aliphatic heterocycles. The van der Waals surface area contributed by atoms with Crippen LogP contribution in [0.5, 0.6) is 0 Å². The van der Waals surface area contributed by atoms with Crippen molar-refractivity contribution in [1.82, 2.24) is 4.57 Å². The second kappa shape index (κ2) is 4.55. The molecule has 0 bridgehead atoms. The van der Waals surface area contributed by atoms with Crippen LogP contribution in [0.1, 0.15) is 18.5 Å². The van der Waals surface area contributed by atoms with Gasteiger partial charge in [0.05, 0.1) is 0 Å². The summed E-state index contributed by atoms with van der Waals surface area (Å²) in [5.74, 6) is 0. The molecule has 0 radical (unpaired) electrons. The normalized spacial score (nSPS) is 12.4. The molecule has 17 heavy (non-hydrogen) atoms. The number of rotatable bonds is 2. The third kappa shape index (κ3) is 2.45. The van der Waals surface area contributed by atoms with E-state index in [1.165, 1.54) is 0 Å². The van der Waals surface area contributed by atoms with E-state index in [9.17, 15) is 4.79 Å². The first-order valence-corrected chi connectivity index (χ1v) is 5.60. The minimum Gasteiger partial charge on any atom is -0.324 e. The van der Waals surface area contributed by atoms with E-state index in [0.717, 1.165) is 16.7 Å². The second-order valence-corrected chi connectivity index (χ2v) is 4.28. The van der Waals surface area contributed by atoms with E-state index < -0.39 is 0 Å². The lowest BCUT2D eigenvalue weighted by atomic mass is 10.0. The molecular weight excluding hydrogens is 212 g/mol. The van der Waals surface area contributed by atoms with Crippen LogP contribution in [0.3, 0.4) is 0 Å². The molecule has 0 saturated carbocycles. The largest absolute Gasteiger partial charge is 0.324 e. The first-order valence-electron chi connectivity index (χ1n) is 5.60. The summed E-state index contributed by atoms with van der Waals surface area (Å²) in [5.41, 5.74) is 8.86. The van der Waals surface area contributed by atoms with Crippen molar-refractivity contribution in [3.8, 4) is 11.1 Å². The first kappa shape index (κ1) is 11.6. The van der Waals surface area contributed by atoms with Gasteiger partial charge < -0.3 is 10.3 Å². The monoisotopic (exact) mass is 228 g/mol. The van der Waals surface area contributed by atoms with Gasteiger partial charge in [-0.15, -0.1) is 0 Å². The highest BCUT2D eigenvalue weighted by Crippen LogP contribution is 2.19. The minimum absolute atomic E-state index is 0.00114. The van der Waals surface area contributed by atoms with Crippen molar-refractivity contribution < 1.29 is 0 Å². The van der Waals surface area contributed by atoms with Gasteiger partial charge in [0.25, 0.3) is 5.56 Å². The zero-order valence-electron chi connectivity index (χ0n) is 10.1. The molecule has 1 heterocycles. The van der Waals surface area contributed by atoms with Crippen molar-refractivity contribution in [2.24, 2.45) is 12.8 Å². The lowest BCUT2D eigenvalue weighted by Gasteiger charge is -2.07. The van der Waals surface area contributed by atoms with Gasteiger partial charge in [0, 0.05) is 25.4 Å². The van der Waals surface area contributed by atoms with Gasteiger partial charge >= 0.3 is 0 Å². The van der Waals surface area contributed by atoms with Crippen LogP contribution in [0.4, 0.5) is 0 Å². The fourth-order valence-electron chi connectivity index (χ4n) is 1.71. The van der Waals surface area contributed by atoms with Gasteiger partial charge in [-0.05, 0) is 29.7 Å². The molecule has 0 fully saturated rings. The van der Waals surface area contributed by atoms with E-state index in [1.807, 2.05) is 37.3 Å². The molecule has 3 nitrogen and oxygen atoms in total. The lowest BCUT2D eigenvalue weighted by Crippen LogP contribution is -2.14. The Morgan fingerprint density at radius 1 is 1.12 bits per heavy atom. The minimum atomic E-state index is -0.00114. The first-order chi connectivity index (χ1) is 8.08. The van der Waals surface area contributed by atoms with E-state index in [2.05, 4.69) is 0 Å². The van der Waals surface area contributed by atoms with Gasteiger partial charge in [0.2, 0.25) is 0 Å². The summed E-state index contributed by atoms with van der Waals surface area (Å²) in [6.07, 6.45) is 1.77. The second-order valence-electron chi connectivity index (χ2n) is 4.28. The summed E-state index contributed by atoms with van der Waals surface area (Å²) in [7, 11) is 1.74. The molecule has 1 atom stereocenters. The average Bonchev–Trinajstić information content (AvgIpc) is 2.33. The van der Waals surface area contributed by atoms with E-state index in [-0.39, 0.29) is 11.6 Å². The van der Waals surface area contributed by atoms with Crippen LogP contribution in [0.2, 0.25) is 0 Å². The summed E-state index contributed by atoms with van der Waals surface area (Å²) < 4.78 is 1.56. The number of pyridine rings is 1.